The van der Waals surface area contributed by atoms with Crippen molar-refractivity contribution in [1.82, 2.24) is 4.90 Å². The molecule has 2 aliphatic rings. The van der Waals surface area contributed by atoms with Crippen molar-refractivity contribution in [2.24, 2.45) is 5.92 Å². The highest BCUT2D eigenvalue weighted by molar-refractivity contribution is 5.61. The molecule has 0 bridgehead atoms. The van der Waals surface area contributed by atoms with E-state index >= 15 is 0 Å². The Morgan fingerprint density at radius 1 is 1.11 bits per heavy atom. The lowest BCUT2D eigenvalue weighted by Gasteiger charge is -2.27. The van der Waals surface area contributed by atoms with Crippen LogP contribution in [0.1, 0.15) is 43.2 Å². The fourth-order valence-electron chi connectivity index (χ4n) is 3.91. The van der Waals surface area contributed by atoms with Gasteiger partial charge in [0.15, 0.2) is 0 Å². The first kappa shape index (κ1) is 13.0. The summed E-state index contributed by atoms with van der Waals surface area (Å²) >= 11 is 0. The van der Waals surface area contributed by atoms with E-state index in [-0.39, 0.29) is 0 Å². The zero-order valence-electron chi connectivity index (χ0n) is 12.5. The monoisotopic (exact) mass is 258 g/mol. The Hall–Kier alpha value is -1.02. The lowest BCUT2D eigenvalue weighted by Crippen LogP contribution is -2.27. The Kier molecular flexibility index (Phi) is 3.53. The molecule has 0 saturated heterocycles. The molecule has 1 aromatic rings. The van der Waals surface area contributed by atoms with Crippen molar-refractivity contribution in [3.05, 3.63) is 29.3 Å². The predicted octanol–water partition coefficient (Wildman–Crippen LogP) is 3.47. The number of benzene rings is 1. The van der Waals surface area contributed by atoms with Gasteiger partial charge < -0.3 is 9.80 Å². The van der Waals surface area contributed by atoms with Crippen LogP contribution in [0.5, 0.6) is 0 Å². The van der Waals surface area contributed by atoms with Crippen molar-refractivity contribution in [2.75, 3.05) is 32.1 Å². The molecule has 2 nitrogen and oxygen atoms in total. The van der Waals surface area contributed by atoms with Crippen LogP contribution in [-0.2, 0) is 6.54 Å². The van der Waals surface area contributed by atoms with Gasteiger partial charge in [0, 0.05) is 32.4 Å². The van der Waals surface area contributed by atoms with E-state index in [2.05, 4.69) is 49.0 Å². The maximum atomic E-state index is 2.49. The molecule has 104 valence electrons. The first-order chi connectivity index (χ1) is 9.16. The highest BCUT2D eigenvalue weighted by Gasteiger charge is 2.29. The van der Waals surface area contributed by atoms with Gasteiger partial charge in [0.05, 0.1) is 0 Å². The Bertz CT molecular complexity index is 455. The third kappa shape index (κ3) is 2.38. The number of hydrogen-bond acceptors (Lipinski definition) is 2. The molecule has 0 spiro atoms. The Morgan fingerprint density at radius 2 is 1.95 bits per heavy atom. The van der Waals surface area contributed by atoms with Crippen LogP contribution in [0.2, 0.25) is 0 Å². The van der Waals surface area contributed by atoms with Gasteiger partial charge in [-0.05, 0) is 36.4 Å². The molecule has 3 rings (SSSR count). The summed E-state index contributed by atoms with van der Waals surface area (Å²) in [7, 11) is 4.49. The molecule has 1 aliphatic carbocycles. The smallest absolute Gasteiger partial charge is 0.0445 e. The maximum Gasteiger partial charge on any atom is 0.0445 e. The van der Waals surface area contributed by atoms with Gasteiger partial charge >= 0.3 is 0 Å². The van der Waals surface area contributed by atoms with Crippen LogP contribution < -0.4 is 4.90 Å². The molecule has 1 saturated carbocycles. The molecule has 0 unspecified atom stereocenters. The van der Waals surface area contributed by atoms with Crippen molar-refractivity contribution in [1.29, 1.82) is 0 Å². The van der Waals surface area contributed by atoms with Gasteiger partial charge in [-0.25, -0.2) is 0 Å². The number of para-hydroxylation sites is 1. The van der Waals surface area contributed by atoms with Crippen LogP contribution in [0.3, 0.4) is 0 Å². The summed E-state index contributed by atoms with van der Waals surface area (Å²) in [5.41, 5.74) is 4.66. The zero-order valence-corrected chi connectivity index (χ0v) is 12.5. The summed E-state index contributed by atoms with van der Waals surface area (Å²) in [6, 6.07) is 6.97. The van der Waals surface area contributed by atoms with Gasteiger partial charge in [-0.3, -0.25) is 0 Å². The summed E-state index contributed by atoms with van der Waals surface area (Å²) in [5.74, 6) is 1.63. The predicted molar refractivity (Wildman–Crippen MR) is 81.8 cm³/mol. The number of anilines is 1. The van der Waals surface area contributed by atoms with Crippen molar-refractivity contribution >= 4 is 5.69 Å². The second kappa shape index (κ2) is 5.16. The van der Waals surface area contributed by atoms with Gasteiger partial charge in [0.1, 0.15) is 0 Å². The minimum absolute atomic E-state index is 0.779. The van der Waals surface area contributed by atoms with Crippen molar-refractivity contribution in [3.63, 3.8) is 0 Å². The lowest BCUT2D eigenvalue weighted by atomic mass is 9.87. The van der Waals surface area contributed by atoms with E-state index in [1.54, 1.807) is 5.56 Å². The number of hydrogen-bond donors (Lipinski definition) is 0. The molecule has 0 aromatic heterocycles. The molecule has 0 radical (unpaired) electrons. The SMILES string of the molecule is C[C@@H]1CCC[C@@H]1c1cccc2c1N(C)CCN(C)C2. The number of nitrogens with zero attached hydrogens (tertiary/aromatic N) is 2. The average molecular weight is 258 g/mol. The van der Waals surface area contributed by atoms with E-state index in [1.807, 2.05) is 0 Å². The third-order valence-electron chi connectivity index (χ3n) is 5.05. The molecule has 1 fully saturated rings. The van der Waals surface area contributed by atoms with E-state index in [1.165, 1.54) is 30.5 Å². The molecular formula is C17H26N2. The molecule has 1 heterocycles. The second-order valence-electron chi connectivity index (χ2n) is 6.53. The van der Waals surface area contributed by atoms with Crippen molar-refractivity contribution < 1.29 is 0 Å². The first-order valence-corrected chi connectivity index (χ1v) is 7.68. The fourth-order valence-corrected chi connectivity index (χ4v) is 3.91. The van der Waals surface area contributed by atoms with Gasteiger partial charge in [-0.15, -0.1) is 0 Å². The van der Waals surface area contributed by atoms with Crippen LogP contribution in [0.25, 0.3) is 0 Å². The molecule has 1 aromatic carbocycles. The minimum Gasteiger partial charge on any atom is -0.373 e. The van der Waals surface area contributed by atoms with Crippen LogP contribution >= 0.6 is 0 Å². The number of fused-ring (bicyclic) bond motifs is 1. The molecule has 0 N–H and O–H groups in total. The van der Waals surface area contributed by atoms with E-state index in [9.17, 15) is 0 Å². The minimum atomic E-state index is 0.779. The normalized spacial score (nSPS) is 28.3. The van der Waals surface area contributed by atoms with Crippen LogP contribution in [0, 0.1) is 5.92 Å². The maximum absolute atomic E-state index is 2.49. The molecule has 2 atom stereocenters. The molecule has 0 amide bonds. The number of rotatable bonds is 1. The van der Waals surface area contributed by atoms with Crippen LogP contribution in [0.15, 0.2) is 18.2 Å². The van der Waals surface area contributed by atoms with Crippen molar-refractivity contribution in [3.8, 4) is 0 Å². The Balaban J connectivity index is 2.04. The summed E-state index contributed by atoms with van der Waals surface area (Å²) in [5, 5.41) is 0. The number of likely N-dealkylation sites (N-methyl/N-ethyl adjacent to an activating group) is 2. The highest BCUT2D eigenvalue weighted by atomic mass is 15.2. The van der Waals surface area contributed by atoms with E-state index in [0.29, 0.717) is 0 Å². The molecular weight excluding hydrogens is 232 g/mol. The average Bonchev–Trinajstić information content (AvgIpc) is 2.75. The summed E-state index contributed by atoms with van der Waals surface area (Å²) < 4.78 is 0. The second-order valence-corrected chi connectivity index (χ2v) is 6.53. The van der Waals surface area contributed by atoms with E-state index in [0.717, 1.165) is 31.5 Å². The van der Waals surface area contributed by atoms with Crippen molar-refractivity contribution in [2.45, 2.75) is 38.6 Å². The van der Waals surface area contributed by atoms with Crippen LogP contribution in [0.4, 0.5) is 5.69 Å². The summed E-state index contributed by atoms with van der Waals surface area (Å²) in [6.45, 7) is 5.82. The van der Waals surface area contributed by atoms with E-state index in [4.69, 9.17) is 0 Å². The van der Waals surface area contributed by atoms with Gasteiger partial charge in [-0.1, -0.05) is 38.0 Å². The summed E-state index contributed by atoms with van der Waals surface area (Å²) in [6.07, 6.45) is 4.18. The standard InChI is InChI=1S/C17H26N2/c1-13-6-4-8-15(13)16-9-5-7-14-12-18(2)10-11-19(3)17(14)16/h5,7,9,13,15H,4,6,8,10-12H2,1-3H3/t13-,15+/m1/s1. The first-order valence-electron chi connectivity index (χ1n) is 7.68. The Morgan fingerprint density at radius 3 is 2.68 bits per heavy atom. The molecule has 1 aliphatic heterocycles. The van der Waals surface area contributed by atoms with E-state index < -0.39 is 0 Å². The quantitative estimate of drug-likeness (QED) is 0.761. The zero-order chi connectivity index (χ0) is 13.4. The van der Waals surface area contributed by atoms with Gasteiger partial charge in [-0.2, -0.15) is 0 Å². The molecule has 19 heavy (non-hydrogen) atoms. The van der Waals surface area contributed by atoms with Gasteiger partial charge in [0.2, 0.25) is 0 Å². The topological polar surface area (TPSA) is 6.48 Å². The lowest BCUT2D eigenvalue weighted by molar-refractivity contribution is 0.342. The largest absolute Gasteiger partial charge is 0.373 e. The highest BCUT2D eigenvalue weighted by Crippen LogP contribution is 2.44. The fraction of sp³-hybridized carbons (Fsp3) is 0.647. The van der Waals surface area contributed by atoms with Gasteiger partial charge in [0.25, 0.3) is 0 Å². The van der Waals surface area contributed by atoms with Crippen LogP contribution in [-0.4, -0.2) is 32.1 Å². The summed E-state index contributed by atoms with van der Waals surface area (Å²) in [4.78, 5) is 4.92. The Labute approximate surface area is 117 Å². The molecule has 2 heteroatoms. The third-order valence-corrected chi connectivity index (χ3v) is 5.05.